The first-order valence-electron chi connectivity index (χ1n) is 8.90. The van der Waals surface area contributed by atoms with E-state index in [1.54, 1.807) is 39.3 Å². The van der Waals surface area contributed by atoms with E-state index in [1.807, 2.05) is 13.0 Å². The number of nitrogens with one attached hydrogen (secondary N) is 2. The average Bonchev–Trinajstić information content (AvgIpc) is 3.13. The third kappa shape index (κ3) is 3.78. The minimum absolute atomic E-state index is 0.141. The molecule has 9 nitrogen and oxygen atoms in total. The van der Waals surface area contributed by atoms with Crippen LogP contribution in [0, 0.1) is 18.3 Å². The number of methoxy groups -OCH3 is 2. The Morgan fingerprint density at radius 3 is 2.79 bits per heavy atom. The molecule has 0 saturated heterocycles. The maximum absolute atomic E-state index is 12.7. The van der Waals surface area contributed by atoms with E-state index in [0.29, 0.717) is 17.2 Å². The Morgan fingerprint density at radius 1 is 1.38 bits per heavy atom. The van der Waals surface area contributed by atoms with Crippen LogP contribution in [0.3, 0.4) is 0 Å². The number of carbonyl (C=O) groups is 1. The summed E-state index contributed by atoms with van der Waals surface area (Å²) in [5.41, 5.74) is 1.53. The van der Waals surface area contributed by atoms with Crippen molar-refractivity contribution in [2.24, 2.45) is 0 Å². The highest BCUT2D eigenvalue weighted by atomic mass is 16.5. The molecule has 0 aliphatic rings. The highest BCUT2D eigenvalue weighted by Gasteiger charge is 2.19. The summed E-state index contributed by atoms with van der Waals surface area (Å²) >= 11 is 0. The maximum atomic E-state index is 12.7. The van der Waals surface area contributed by atoms with Crippen molar-refractivity contribution in [3.63, 3.8) is 0 Å². The molecule has 0 aliphatic heterocycles. The van der Waals surface area contributed by atoms with Crippen molar-refractivity contribution < 1.29 is 14.3 Å². The molecule has 0 bridgehead atoms. The number of hydrogen-bond acceptors (Lipinski definition) is 6. The van der Waals surface area contributed by atoms with E-state index in [9.17, 15) is 9.59 Å². The molecular weight excluding hydrogens is 374 g/mol. The standard InChI is InChI=1S/C20H21N5O4/c1-11(15-7-14(28-3)5-6-17(15)29-4)23-18(26)8-16-12(2)24-19-13(9-21)10-22-25(19)20(16)27/h5-7,10-11,22H,8H2,1-4H3,(H,23,26)/t11-/m1/s1. The van der Waals surface area contributed by atoms with Crippen molar-refractivity contribution in [1.82, 2.24) is 19.9 Å². The number of H-pyrrole nitrogens is 1. The quantitative estimate of drug-likeness (QED) is 0.654. The number of hydrogen-bond donors (Lipinski definition) is 2. The molecule has 0 radical (unpaired) electrons. The zero-order valence-electron chi connectivity index (χ0n) is 16.6. The number of carbonyl (C=O) groups excluding carboxylic acids is 1. The number of aromatic nitrogens is 3. The predicted molar refractivity (Wildman–Crippen MR) is 105 cm³/mol. The van der Waals surface area contributed by atoms with Crippen molar-refractivity contribution in [1.29, 1.82) is 5.26 Å². The lowest BCUT2D eigenvalue weighted by Gasteiger charge is -2.18. The molecule has 2 heterocycles. The van der Waals surface area contributed by atoms with Crippen LogP contribution in [0.1, 0.15) is 35.3 Å². The van der Waals surface area contributed by atoms with Crippen LogP contribution in [0.25, 0.3) is 5.65 Å². The van der Waals surface area contributed by atoms with E-state index < -0.39 is 5.56 Å². The Hall–Kier alpha value is -3.80. The predicted octanol–water partition coefficient (Wildman–Crippen LogP) is 1.64. The number of nitrogens with zero attached hydrogens (tertiary/aromatic N) is 3. The number of aryl methyl sites for hydroxylation is 1. The van der Waals surface area contributed by atoms with Crippen molar-refractivity contribution in [3.8, 4) is 17.6 Å². The van der Waals surface area contributed by atoms with E-state index in [0.717, 1.165) is 5.56 Å². The second-order valence-electron chi connectivity index (χ2n) is 6.51. The summed E-state index contributed by atoms with van der Waals surface area (Å²) in [6.07, 6.45) is 1.27. The van der Waals surface area contributed by atoms with Crippen LogP contribution in [-0.2, 0) is 11.2 Å². The molecule has 0 spiro atoms. The fraction of sp³-hybridized carbons (Fsp3) is 0.300. The summed E-state index contributed by atoms with van der Waals surface area (Å²) in [6, 6.07) is 6.93. The van der Waals surface area contributed by atoms with Crippen molar-refractivity contribution in [2.75, 3.05) is 14.2 Å². The third-order valence-electron chi connectivity index (χ3n) is 4.70. The molecule has 0 saturated carbocycles. The molecule has 1 amide bonds. The summed E-state index contributed by atoms with van der Waals surface area (Å²) in [4.78, 5) is 29.7. The molecule has 0 aliphatic carbocycles. The first-order chi connectivity index (χ1) is 13.9. The van der Waals surface area contributed by atoms with Gasteiger partial charge in [0, 0.05) is 23.0 Å². The number of nitriles is 1. The van der Waals surface area contributed by atoms with Gasteiger partial charge in [-0.05, 0) is 32.0 Å². The van der Waals surface area contributed by atoms with Gasteiger partial charge in [0.1, 0.15) is 23.1 Å². The van der Waals surface area contributed by atoms with Crippen LogP contribution in [-0.4, -0.2) is 34.7 Å². The van der Waals surface area contributed by atoms with E-state index in [4.69, 9.17) is 14.7 Å². The van der Waals surface area contributed by atoms with E-state index in [-0.39, 0.29) is 35.1 Å². The van der Waals surface area contributed by atoms with Crippen LogP contribution in [0.5, 0.6) is 11.5 Å². The Labute approximate surface area is 166 Å². The lowest BCUT2D eigenvalue weighted by molar-refractivity contribution is -0.121. The van der Waals surface area contributed by atoms with E-state index in [2.05, 4.69) is 15.4 Å². The SMILES string of the molecule is COc1ccc(OC)c([C@@H](C)NC(=O)Cc2c(C)nc3c(C#N)c[nH]n3c2=O)c1. The third-order valence-corrected chi connectivity index (χ3v) is 4.70. The largest absolute Gasteiger partial charge is 0.497 e. The second kappa shape index (κ2) is 8.06. The number of amides is 1. The van der Waals surface area contributed by atoms with Gasteiger partial charge in [-0.15, -0.1) is 0 Å². The maximum Gasteiger partial charge on any atom is 0.276 e. The Morgan fingerprint density at radius 2 is 2.14 bits per heavy atom. The van der Waals surface area contributed by atoms with Gasteiger partial charge >= 0.3 is 0 Å². The Bertz CT molecular complexity index is 1170. The molecule has 1 aromatic carbocycles. The molecule has 0 fully saturated rings. The van der Waals surface area contributed by atoms with Crippen molar-refractivity contribution in [3.05, 3.63) is 57.1 Å². The Kier molecular flexibility index (Phi) is 5.54. The number of aromatic amines is 1. The molecular formula is C20H21N5O4. The van der Waals surface area contributed by atoms with Gasteiger partial charge in [0.05, 0.1) is 26.7 Å². The minimum Gasteiger partial charge on any atom is -0.497 e. The minimum atomic E-state index is -0.407. The van der Waals surface area contributed by atoms with Gasteiger partial charge in [-0.1, -0.05) is 0 Å². The van der Waals surface area contributed by atoms with Gasteiger partial charge in [-0.3, -0.25) is 14.7 Å². The molecule has 0 unspecified atom stereocenters. The molecule has 3 rings (SSSR count). The topological polar surface area (TPSA) is 122 Å². The normalized spacial score (nSPS) is 11.7. The molecule has 150 valence electrons. The van der Waals surface area contributed by atoms with Gasteiger partial charge in [-0.2, -0.15) is 5.26 Å². The van der Waals surface area contributed by atoms with Gasteiger partial charge < -0.3 is 14.8 Å². The molecule has 2 N–H and O–H groups in total. The molecule has 2 aromatic heterocycles. The van der Waals surface area contributed by atoms with Crippen molar-refractivity contribution >= 4 is 11.6 Å². The van der Waals surface area contributed by atoms with Crippen LogP contribution < -0.4 is 20.3 Å². The lowest BCUT2D eigenvalue weighted by atomic mass is 10.1. The fourth-order valence-electron chi connectivity index (χ4n) is 3.15. The monoisotopic (exact) mass is 395 g/mol. The van der Waals surface area contributed by atoms with E-state index in [1.165, 1.54) is 10.7 Å². The highest BCUT2D eigenvalue weighted by Crippen LogP contribution is 2.29. The lowest BCUT2D eigenvalue weighted by Crippen LogP contribution is -2.32. The second-order valence-corrected chi connectivity index (χ2v) is 6.51. The average molecular weight is 395 g/mol. The highest BCUT2D eigenvalue weighted by molar-refractivity contribution is 5.79. The summed E-state index contributed by atoms with van der Waals surface area (Å²) in [7, 11) is 3.11. The summed E-state index contributed by atoms with van der Waals surface area (Å²) in [5.74, 6) is 0.926. The smallest absolute Gasteiger partial charge is 0.276 e. The summed E-state index contributed by atoms with van der Waals surface area (Å²) in [6.45, 7) is 3.47. The van der Waals surface area contributed by atoms with Crippen LogP contribution in [0.15, 0.2) is 29.2 Å². The number of fused-ring (bicyclic) bond motifs is 1. The molecule has 29 heavy (non-hydrogen) atoms. The summed E-state index contributed by atoms with van der Waals surface area (Å²) in [5, 5.41) is 14.7. The summed E-state index contributed by atoms with van der Waals surface area (Å²) < 4.78 is 11.8. The number of rotatable bonds is 6. The fourth-order valence-corrected chi connectivity index (χ4v) is 3.15. The van der Waals surface area contributed by atoms with Gasteiger partial charge in [0.25, 0.3) is 5.56 Å². The first kappa shape index (κ1) is 19.9. The molecule has 1 atom stereocenters. The van der Waals surface area contributed by atoms with Crippen LogP contribution in [0.4, 0.5) is 0 Å². The van der Waals surface area contributed by atoms with E-state index >= 15 is 0 Å². The van der Waals surface area contributed by atoms with Crippen LogP contribution >= 0.6 is 0 Å². The van der Waals surface area contributed by atoms with Gasteiger partial charge in [0.15, 0.2) is 5.65 Å². The van der Waals surface area contributed by atoms with Crippen molar-refractivity contribution in [2.45, 2.75) is 26.3 Å². The van der Waals surface area contributed by atoms with Gasteiger partial charge in [-0.25, -0.2) is 9.50 Å². The van der Waals surface area contributed by atoms with Gasteiger partial charge in [0.2, 0.25) is 5.91 Å². The number of ether oxygens (including phenoxy) is 2. The number of benzene rings is 1. The molecule has 9 heteroatoms. The first-order valence-corrected chi connectivity index (χ1v) is 8.90. The Balaban J connectivity index is 1.85. The zero-order chi connectivity index (χ0) is 21.1. The van der Waals surface area contributed by atoms with Crippen LogP contribution in [0.2, 0.25) is 0 Å². The molecule has 3 aromatic rings. The zero-order valence-corrected chi connectivity index (χ0v) is 16.6.